The molecule has 0 bridgehead atoms. The third-order valence-electron chi connectivity index (χ3n) is 3.68. The summed E-state index contributed by atoms with van der Waals surface area (Å²) in [6.45, 7) is 1.80. The number of nitrogens with zero attached hydrogens (tertiary/aromatic N) is 1. The fourth-order valence-electron chi connectivity index (χ4n) is 2.50. The Morgan fingerprint density at radius 1 is 1.43 bits per heavy atom. The van der Waals surface area contributed by atoms with Gasteiger partial charge >= 0.3 is 5.97 Å². The lowest BCUT2D eigenvalue weighted by Gasteiger charge is -2.31. The molecule has 1 heterocycles. The van der Waals surface area contributed by atoms with Gasteiger partial charge in [-0.15, -0.1) is 0 Å². The van der Waals surface area contributed by atoms with Crippen LogP contribution in [0.25, 0.3) is 0 Å². The van der Waals surface area contributed by atoms with Crippen molar-refractivity contribution in [3.8, 4) is 0 Å². The summed E-state index contributed by atoms with van der Waals surface area (Å²) in [5, 5.41) is 9.15. The predicted octanol–water partition coefficient (Wildman–Crippen LogP) is 1.90. The molecule has 1 fully saturated rings. The van der Waals surface area contributed by atoms with Crippen molar-refractivity contribution in [3.63, 3.8) is 0 Å². The number of carbonyl (C=O) groups is 1. The molecule has 0 aromatic heterocycles. The first kappa shape index (κ1) is 15.9. The lowest BCUT2D eigenvalue weighted by molar-refractivity contribution is -0.142. The van der Waals surface area contributed by atoms with E-state index >= 15 is 0 Å². The highest BCUT2D eigenvalue weighted by Gasteiger charge is 2.36. The molecule has 0 aliphatic carbocycles. The van der Waals surface area contributed by atoms with Crippen LogP contribution in [0.2, 0.25) is 0 Å². The molecule has 7 heteroatoms. The standard InChI is InChI=1S/C14H18FNO4S/c1-10-5-6-11(8-12(10)15)9-21(19,20)16-7-3-2-4-13(16)14(17)18/h5-6,8,13H,2-4,7,9H2,1H3,(H,17,18). The van der Waals surface area contributed by atoms with Crippen LogP contribution in [0.5, 0.6) is 0 Å². The molecule has 1 aliphatic rings. The van der Waals surface area contributed by atoms with Gasteiger partial charge < -0.3 is 5.11 Å². The number of hydrogen-bond acceptors (Lipinski definition) is 3. The summed E-state index contributed by atoms with van der Waals surface area (Å²) in [5.74, 6) is -1.97. The normalized spacial score (nSPS) is 20.4. The van der Waals surface area contributed by atoms with Gasteiger partial charge in [0, 0.05) is 6.54 Å². The number of rotatable bonds is 4. The van der Waals surface area contributed by atoms with E-state index in [-0.39, 0.29) is 12.3 Å². The van der Waals surface area contributed by atoms with Crippen LogP contribution in [-0.4, -0.2) is 36.4 Å². The first-order chi connectivity index (χ1) is 9.81. The third kappa shape index (κ3) is 3.59. The van der Waals surface area contributed by atoms with E-state index in [1.165, 1.54) is 12.1 Å². The highest BCUT2D eigenvalue weighted by Crippen LogP contribution is 2.23. The molecular formula is C14H18FNO4S. The van der Waals surface area contributed by atoms with Crippen molar-refractivity contribution < 1.29 is 22.7 Å². The predicted molar refractivity (Wildman–Crippen MR) is 75.7 cm³/mol. The maximum Gasteiger partial charge on any atom is 0.322 e. The van der Waals surface area contributed by atoms with Gasteiger partial charge in [-0.1, -0.05) is 12.1 Å². The summed E-state index contributed by atoms with van der Waals surface area (Å²) in [6.07, 6.45) is 1.66. The first-order valence-electron chi connectivity index (χ1n) is 6.78. The minimum absolute atomic E-state index is 0.202. The summed E-state index contributed by atoms with van der Waals surface area (Å²) in [7, 11) is -3.77. The van der Waals surface area contributed by atoms with Gasteiger partial charge in [-0.05, 0) is 43.4 Å². The topological polar surface area (TPSA) is 74.7 Å². The van der Waals surface area contributed by atoms with E-state index in [1.807, 2.05) is 0 Å². The van der Waals surface area contributed by atoms with E-state index in [2.05, 4.69) is 0 Å². The number of sulfonamides is 1. The molecule has 1 aliphatic heterocycles. The smallest absolute Gasteiger partial charge is 0.322 e. The zero-order chi connectivity index (χ0) is 15.6. The third-order valence-corrected chi connectivity index (χ3v) is 5.53. The number of benzene rings is 1. The van der Waals surface area contributed by atoms with Crippen LogP contribution in [0.1, 0.15) is 30.4 Å². The number of hydrogen-bond donors (Lipinski definition) is 1. The van der Waals surface area contributed by atoms with Crippen molar-refractivity contribution in [1.29, 1.82) is 0 Å². The molecule has 1 aromatic rings. The number of piperidine rings is 1. The van der Waals surface area contributed by atoms with E-state index in [0.717, 1.165) is 4.31 Å². The lowest BCUT2D eigenvalue weighted by Crippen LogP contribution is -2.48. The molecule has 1 atom stereocenters. The number of halogens is 1. The molecule has 5 nitrogen and oxygen atoms in total. The van der Waals surface area contributed by atoms with Gasteiger partial charge in [-0.3, -0.25) is 4.79 Å². The van der Waals surface area contributed by atoms with Crippen molar-refractivity contribution in [3.05, 3.63) is 35.1 Å². The molecule has 21 heavy (non-hydrogen) atoms. The Balaban J connectivity index is 2.23. The van der Waals surface area contributed by atoms with Crippen LogP contribution >= 0.6 is 0 Å². The van der Waals surface area contributed by atoms with E-state index in [0.29, 0.717) is 30.4 Å². The minimum atomic E-state index is -3.77. The number of aliphatic carboxylic acids is 1. The van der Waals surface area contributed by atoms with Gasteiger partial charge in [0.05, 0.1) is 5.75 Å². The van der Waals surface area contributed by atoms with E-state index in [1.54, 1.807) is 13.0 Å². The van der Waals surface area contributed by atoms with Crippen molar-refractivity contribution in [1.82, 2.24) is 4.31 Å². The summed E-state index contributed by atoms with van der Waals surface area (Å²) in [5.41, 5.74) is 0.769. The Labute approximate surface area is 123 Å². The van der Waals surface area contributed by atoms with Gasteiger partial charge in [0.15, 0.2) is 0 Å². The zero-order valence-corrected chi connectivity index (χ0v) is 12.6. The van der Waals surface area contributed by atoms with Crippen molar-refractivity contribution in [2.24, 2.45) is 0 Å². The van der Waals surface area contributed by atoms with Crippen LogP contribution in [-0.2, 0) is 20.6 Å². The van der Waals surface area contributed by atoms with Gasteiger partial charge in [0.1, 0.15) is 11.9 Å². The Hall–Kier alpha value is -1.47. The Morgan fingerprint density at radius 2 is 2.14 bits per heavy atom. The highest BCUT2D eigenvalue weighted by molar-refractivity contribution is 7.88. The quantitative estimate of drug-likeness (QED) is 0.921. The molecule has 0 amide bonds. The molecule has 2 rings (SSSR count). The van der Waals surface area contributed by atoms with E-state index < -0.39 is 27.9 Å². The Kier molecular flexibility index (Phi) is 4.63. The highest BCUT2D eigenvalue weighted by atomic mass is 32.2. The molecule has 1 aromatic carbocycles. The molecule has 0 spiro atoms. The molecule has 0 saturated carbocycles. The monoisotopic (exact) mass is 315 g/mol. The molecule has 116 valence electrons. The van der Waals surface area contributed by atoms with Crippen LogP contribution in [0.3, 0.4) is 0 Å². The average molecular weight is 315 g/mol. The largest absolute Gasteiger partial charge is 0.480 e. The second-order valence-corrected chi connectivity index (χ2v) is 7.22. The van der Waals surface area contributed by atoms with Crippen LogP contribution in [0, 0.1) is 12.7 Å². The average Bonchev–Trinajstić information content (AvgIpc) is 2.42. The molecule has 0 radical (unpaired) electrons. The van der Waals surface area contributed by atoms with Gasteiger partial charge in [0.25, 0.3) is 0 Å². The number of carboxylic acids is 1. The molecule has 1 N–H and O–H groups in total. The van der Waals surface area contributed by atoms with E-state index in [9.17, 15) is 17.6 Å². The number of aryl methyl sites for hydroxylation is 1. The van der Waals surface area contributed by atoms with Crippen LogP contribution in [0.15, 0.2) is 18.2 Å². The van der Waals surface area contributed by atoms with Crippen molar-refractivity contribution in [2.45, 2.75) is 38.0 Å². The Bertz CT molecular complexity index is 644. The van der Waals surface area contributed by atoms with Gasteiger partial charge in [-0.25, -0.2) is 12.8 Å². The molecular weight excluding hydrogens is 297 g/mol. The summed E-state index contributed by atoms with van der Waals surface area (Å²) >= 11 is 0. The summed E-state index contributed by atoms with van der Waals surface area (Å²) in [4.78, 5) is 11.2. The van der Waals surface area contributed by atoms with E-state index in [4.69, 9.17) is 5.11 Å². The Morgan fingerprint density at radius 3 is 2.76 bits per heavy atom. The van der Waals surface area contributed by atoms with Gasteiger partial charge in [-0.2, -0.15) is 4.31 Å². The fourth-order valence-corrected chi connectivity index (χ4v) is 4.26. The maximum absolute atomic E-state index is 13.5. The van der Waals surface area contributed by atoms with Crippen molar-refractivity contribution >= 4 is 16.0 Å². The van der Waals surface area contributed by atoms with Crippen LogP contribution < -0.4 is 0 Å². The van der Waals surface area contributed by atoms with Crippen LogP contribution in [0.4, 0.5) is 4.39 Å². The molecule has 1 saturated heterocycles. The summed E-state index contributed by atoms with van der Waals surface area (Å²) in [6, 6.07) is 3.24. The molecule has 1 unspecified atom stereocenters. The lowest BCUT2D eigenvalue weighted by atomic mass is 10.1. The fraction of sp³-hybridized carbons (Fsp3) is 0.500. The summed E-state index contributed by atoms with van der Waals surface area (Å²) < 4.78 is 39.3. The second kappa shape index (κ2) is 6.11. The van der Waals surface area contributed by atoms with Crippen molar-refractivity contribution in [2.75, 3.05) is 6.54 Å². The maximum atomic E-state index is 13.5. The SMILES string of the molecule is Cc1ccc(CS(=O)(=O)N2CCCCC2C(=O)O)cc1F. The van der Waals surface area contributed by atoms with Gasteiger partial charge in [0.2, 0.25) is 10.0 Å². The zero-order valence-electron chi connectivity index (χ0n) is 11.8. The second-order valence-electron chi connectivity index (χ2n) is 5.30. The first-order valence-corrected chi connectivity index (χ1v) is 8.39. The minimum Gasteiger partial charge on any atom is -0.480 e. The number of carboxylic acid groups (broad SMARTS) is 1.